The molecule has 27 heavy (non-hydrogen) atoms. The number of amides is 1. The second-order valence-corrected chi connectivity index (χ2v) is 6.67. The van der Waals surface area contributed by atoms with E-state index in [0.717, 1.165) is 24.1 Å². The van der Waals surface area contributed by atoms with Gasteiger partial charge < -0.3 is 14.2 Å². The van der Waals surface area contributed by atoms with Gasteiger partial charge in [-0.2, -0.15) is 0 Å². The first-order chi connectivity index (χ1) is 13.2. The van der Waals surface area contributed by atoms with Gasteiger partial charge in [0, 0.05) is 51.1 Å². The first-order valence-electron chi connectivity index (χ1n) is 9.16. The Hall–Kier alpha value is -3.15. The zero-order valence-corrected chi connectivity index (χ0v) is 15.3. The summed E-state index contributed by atoms with van der Waals surface area (Å²) >= 11 is 0. The molecule has 0 atom stereocenters. The highest BCUT2D eigenvalue weighted by Gasteiger charge is 2.26. The summed E-state index contributed by atoms with van der Waals surface area (Å²) in [7, 11) is 1.94. The van der Waals surface area contributed by atoms with Gasteiger partial charge >= 0.3 is 6.01 Å². The molecule has 6 nitrogen and oxygen atoms in total. The minimum Gasteiger partial charge on any atom is -0.460 e. The van der Waals surface area contributed by atoms with Gasteiger partial charge in [0.25, 0.3) is 5.91 Å². The standard InChI is InChI=1S/C21H22N4O2/c1-24-18(16-6-3-2-4-7-16)8-9-19(24)20(26)25-14-10-17(11-15-25)27-21-22-12-5-13-23-21/h2-9,12-13,17H,10-11,14-15H2,1H3. The van der Waals surface area contributed by atoms with Crippen LogP contribution in [0.15, 0.2) is 60.9 Å². The number of likely N-dealkylation sites (tertiary alicyclic amines) is 1. The number of carbonyl (C=O) groups excluding carboxylic acids is 1. The maximum absolute atomic E-state index is 13.0. The van der Waals surface area contributed by atoms with Crippen LogP contribution in [0.5, 0.6) is 6.01 Å². The lowest BCUT2D eigenvalue weighted by molar-refractivity contribution is 0.0570. The zero-order chi connectivity index (χ0) is 18.6. The first kappa shape index (κ1) is 17.3. The van der Waals surface area contributed by atoms with Gasteiger partial charge in [-0.25, -0.2) is 9.97 Å². The molecule has 1 saturated heterocycles. The van der Waals surface area contributed by atoms with Crippen LogP contribution in [0.3, 0.4) is 0 Å². The summed E-state index contributed by atoms with van der Waals surface area (Å²) in [5, 5.41) is 0. The van der Waals surface area contributed by atoms with Crippen molar-refractivity contribution in [2.24, 2.45) is 7.05 Å². The summed E-state index contributed by atoms with van der Waals surface area (Å²) in [5.74, 6) is 0.0640. The molecule has 0 N–H and O–H groups in total. The molecule has 0 saturated carbocycles. The second kappa shape index (κ2) is 7.61. The summed E-state index contributed by atoms with van der Waals surface area (Å²) in [6, 6.07) is 16.2. The highest BCUT2D eigenvalue weighted by molar-refractivity contribution is 5.94. The van der Waals surface area contributed by atoms with E-state index >= 15 is 0 Å². The number of carbonyl (C=O) groups is 1. The molecule has 6 heteroatoms. The molecule has 1 fully saturated rings. The van der Waals surface area contributed by atoms with Gasteiger partial charge in [-0.3, -0.25) is 4.79 Å². The lowest BCUT2D eigenvalue weighted by Crippen LogP contribution is -2.42. The highest BCUT2D eigenvalue weighted by Crippen LogP contribution is 2.23. The fraction of sp³-hybridized carbons (Fsp3) is 0.286. The van der Waals surface area contributed by atoms with Gasteiger partial charge in [0.15, 0.2) is 0 Å². The van der Waals surface area contributed by atoms with Crippen LogP contribution in [-0.2, 0) is 7.05 Å². The molecule has 138 valence electrons. The summed E-state index contributed by atoms with van der Waals surface area (Å²) in [6.07, 6.45) is 4.94. The van der Waals surface area contributed by atoms with E-state index in [1.807, 2.05) is 46.8 Å². The van der Waals surface area contributed by atoms with E-state index in [-0.39, 0.29) is 12.0 Å². The van der Waals surface area contributed by atoms with Crippen molar-refractivity contribution in [2.45, 2.75) is 18.9 Å². The van der Waals surface area contributed by atoms with Crippen LogP contribution in [0.25, 0.3) is 11.3 Å². The Balaban J connectivity index is 1.41. The third kappa shape index (κ3) is 3.69. The molecular weight excluding hydrogens is 340 g/mol. The summed E-state index contributed by atoms with van der Waals surface area (Å²) in [5.41, 5.74) is 2.85. The normalized spacial score (nSPS) is 14.9. The van der Waals surface area contributed by atoms with Crippen LogP contribution in [0.2, 0.25) is 0 Å². The average molecular weight is 362 g/mol. The van der Waals surface area contributed by atoms with Gasteiger partial charge in [-0.1, -0.05) is 30.3 Å². The van der Waals surface area contributed by atoms with Crippen LogP contribution in [-0.4, -0.2) is 44.5 Å². The van der Waals surface area contributed by atoms with E-state index in [4.69, 9.17) is 4.74 Å². The number of rotatable bonds is 4. The fourth-order valence-corrected chi connectivity index (χ4v) is 3.46. The van der Waals surface area contributed by atoms with Crippen LogP contribution in [0, 0.1) is 0 Å². The quantitative estimate of drug-likeness (QED) is 0.715. The van der Waals surface area contributed by atoms with E-state index in [1.165, 1.54) is 0 Å². The van der Waals surface area contributed by atoms with Crippen LogP contribution >= 0.6 is 0 Å². The molecule has 1 aliphatic heterocycles. The molecule has 1 amide bonds. The van der Waals surface area contributed by atoms with E-state index in [2.05, 4.69) is 22.1 Å². The summed E-state index contributed by atoms with van der Waals surface area (Å²) in [4.78, 5) is 23.1. The molecule has 0 bridgehead atoms. The van der Waals surface area contributed by atoms with Gasteiger partial charge in [-0.05, 0) is 23.8 Å². The number of ether oxygens (including phenoxy) is 1. The van der Waals surface area contributed by atoms with Crippen molar-refractivity contribution < 1.29 is 9.53 Å². The number of hydrogen-bond donors (Lipinski definition) is 0. The Bertz CT molecular complexity index is 900. The van der Waals surface area contributed by atoms with Crippen molar-refractivity contribution in [3.63, 3.8) is 0 Å². The minimum absolute atomic E-state index is 0.0461. The van der Waals surface area contributed by atoms with Gasteiger partial charge in [-0.15, -0.1) is 0 Å². The molecule has 0 aliphatic carbocycles. The predicted octanol–water partition coefficient (Wildman–Crippen LogP) is 3.17. The molecule has 3 heterocycles. The van der Waals surface area contributed by atoms with Crippen molar-refractivity contribution in [1.29, 1.82) is 0 Å². The van der Waals surface area contributed by atoms with E-state index in [1.54, 1.807) is 18.5 Å². The Morgan fingerprint density at radius 2 is 1.70 bits per heavy atom. The topological polar surface area (TPSA) is 60.2 Å². The van der Waals surface area contributed by atoms with Crippen molar-refractivity contribution in [1.82, 2.24) is 19.4 Å². The number of nitrogens with zero attached hydrogens (tertiary/aromatic N) is 4. The molecule has 2 aromatic heterocycles. The molecule has 1 aromatic carbocycles. The van der Waals surface area contributed by atoms with Gasteiger partial charge in [0.1, 0.15) is 11.8 Å². The number of benzene rings is 1. The number of aromatic nitrogens is 3. The van der Waals surface area contributed by atoms with Crippen LogP contribution < -0.4 is 4.74 Å². The maximum Gasteiger partial charge on any atom is 0.316 e. The van der Waals surface area contributed by atoms with Crippen molar-refractivity contribution in [2.75, 3.05) is 13.1 Å². The third-order valence-electron chi connectivity index (χ3n) is 4.95. The van der Waals surface area contributed by atoms with Crippen molar-refractivity contribution in [3.8, 4) is 17.3 Å². The Morgan fingerprint density at radius 3 is 2.41 bits per heavy atom. The molecular formula is C21H22N4O2. The number of piperidine rings is 1. The maximum atomic E-state index is 13.0. The molecule has 3 aromatic rings. The summed E-state index contributed by atoms with van der Waals surface area (Å²) in [6.45, 7) is 1.34. The number of hydrogen-bond acceptors (Lipinski definition) is 4. The Morgan fingerprint density at radius 1 is 1.00 bits per heavy atom. The first-order valence-corrected chi connectivity index (χ1v) is 9.16. The Kier molecular flexibility index (Phi) is 4.87. The fourth-order valence-electron chi connectivity index (χ4n) is 3.46. The minimum atomic E-state index is 0.0461. The van der Waals surface area contributed by atoms with Crippen LogP contribution in [0.4, 0.5) is 0 Å². The van der Waals surface area contributed by atoms with E-state index in [0.29, 0.717) is 24.8 Å². The zero-order valence-electron chi connectivity index (χ0n) is 15.3. The van der Waals surface area contributed by atoms with Crippen molar-refractivity contribution in [3.05, 3.63) is 66.6 Å². The highest BCUT2D eigenvalue weighted by atomic mass is 16.5. The second-order valence-electron chi connectivity index (χ2n) is 6.67. The van der Waals surface area contributed by atoms with Gasteiger partial charge in [0.05, 0.1) is 0 Å². The SMILES string of the molecule is Cn1c(C(=O)N2CCC(Oc3ncccn3)CC2)ccc1-c1ccccc1. The summed E-state index contributed by atoms with van der Waals surface area (Å²) < 4.78 is 7.78. The lowest BCUT2D eigenvalue weighted by atomic mass is 10.1. The van der Waals surface area contributed by atoms with Crippen molar-refractivity contribution >= 4 is 5.91 Å². The third-order valence-corrected chi connectivity index (χ3v) is 4.95. The predicted molar refractivity (Wildman–Crippen MR) is 102 cm³/mol. The molecule has 0 radical (unpaired) electrons. The Labute approximate surface area is 158 Å². The largest absolute Gasteiger partial charge is 0.460 e. The lowest BCUT2D eigenvalue weighted by Gasteiger charge is -2.31. The average Bonchev–Trinajstić information content (AvgIpc) is 3.11. The smallest absolute Gasteiger partial charge is 0.316 e. The molecule has 4 rings (SSSR count). The van der Waals surface area contributed by atoms with E-state index in [9.17, 15) is 4.79 Å². The van der Waals surface area contributed by atoms with E-state index < -0.39 is 0 Å². The van der Waals surface area contributed by atoms with Gasteiger partial charge in [0.2, 0.25) is 0 Å². The van der Waals surface area contributed by atoms with Crippen LogP contribution in [0.1, 0.15) is 23.3 Å². The molecule has 1 aliphatic rings. The molecule has 0 unspecified atom stereocenters. The molecule has 0 spiro atoms. The monoisotopic (exact) mass is 362 g/mol.